The Balaban J connectivity index is 2.78. The van der Waals surface area contributed by atoms with Crippen molar-refractivity contribution in [2.75, 3.05) is 5.32 Å². The summed E-state index contributed by atoms with van der Waals surface area (Å²) in [5.74, 6) is -2.94. The van der Waals surface area contributed by atoms with E-state index >= 15 is 0 Å². The Bertz CT molecular complexity index is 502. The third kappa shape index (κ3) is 4.44. The van der Waals surface area contributed by atoms with Gasteiger partial charge in [-0.2, -0.15) is 0 Å². The molecule has 0 saturated heterocycles. The molecule has 1 atom stereocenters. The second-order valence-electron chi connectivity index (χ2n) is 4.02. The zero-order chi connectivity index (χ0) is 15.3. The highest BCUT2D eigenvalue weighted by Gasteiger charge is 2.20. The van der Waals surface area contributed by atoms with Crippen LogP contribution in [0.15, 0.2) is 16.6 Å². The summed E-state index contributed by atoms with van der Waals surface area (Å²) >= 11 is 2.91. The summed E-state index contributed by atoms with van der Waals surface area (Å²) in [6, 6.07) is -0.347. The smallest absolute Gasteiger partial charge is 0.326 e. The number of carboxylic acids is 1. The molecule has 0 aliphatic rings. The van der Waals surface area contributed by atoms with E-state index in [4.69, 9.17) is 5.11 Å². The van der Waals surface area contributed by atoms with Gasteiger partial charge < -0.3 is 15.7 Å². The van der Waals surface area contributed by atoms with Gasteiger partial charge in [-0.25, -0.2) is 18.4 Å². The second-order valence-corrected chi connectivity index (χ2v) is 4.88. The molecule has 0 saturated carbocycles. The van der Waals surface area contributed by atoms with Gasteiger partial charge in [-0.1, -0.05) is 13.3 Å². The average Bonchev–Trinajstić information content (AvgIpc) is 2.33. The highest BCUT2D eigenvalue weighted by Crippen LogP contribution is 2.26. The van der Waals surface area contributed by atoms with Crippen LogP contribution < -0.4 is 10.6 Å². The SMILES string of the molecule is CCCC(NC(=O)Nc1c(F)cc(F)cc1Br)C(=O)O. The summed E-state index contributed by atoms with van der Waals surface area (Å²) in [5, 5.41) is 13.2. The number of carbonyl (C=O) groups is 2. The number of nitrogens with one attached hydrogen (secondary N) is 2. The first-order valence-corrected chi connectivity index (χ1v) is 6.59. The van der Waals surface area contributed by atoms with Gasteiger partial charge in [0.15, 0.2) is 5.82 Å². The van der Waals surface area contributed by atoms with E-state index in [1.54, 1.807) is 6.92 Å². The number of rotatable bonds is 5. The van der Waals surface area contributed by atoms with Crippen LogP contribution >= 0.6 is 15.9 Å². The van der Waals surface area contributed by atoms with E-state index in [-0.39, 0.29) is 16.6 Å². The molecule has 0 bridgehead atoms. The van der Waals surface area contributed by atoms with Gasteiger partial charge in [0, 0.05) is 10.5 Å². The Morgan fingerprint density at radius 3 is 2.55 bits per heavy atom. The Kier molecular flexibility index (Phi) is 5.87. The van der Waals surface area contributed by atoms with Crippen LogP contribution in [0, 0.1) is 11.6 Å². The summed E-state index contributed by atoms with van der Waals surface area (Å²) < 4.78 is 26.4. The standard InChI is InChI=1S/C12H13BrF2N2O3/c1-2-3-9(11(18)19)16-12(20)17-10-7(13)4-6(14)5-8(10)15/h4-5,9H,2-3H2,1H3,(H,18,19)(H2,16,17,20). The summed E-state index contributed by atoms with van der Waals surface area (Å²) in [5.41, 5.74) is -0.260. The largest absolute Gasteiger partial charge is 0.480 e. The van der Waals surface area contributed by atoms with Gasteiger partial charge in [-0.05, 0) is 28.4 Å². The first kappa shape index (κ1) is 16.4. The Hall–Kier alpha value is -1.70. The highest BCUT2D eigenvalue weighted by atomic mass is 79.9. The molecule has 2 amide bonds. The molecule has 0 fully saturated rings. The van der Waals surface area contributed by atoms with Crippen LogP contribution in [0.5, 0.6) is 0 Å². The number of amides is 2. The minimum absolute atomic E-state index is 0.0208. The van der Waals surface area contributed by atoms with Crippen molar-refractivity contribution in [1.29, 1.82) is 0 Å². The lowest BCUT2D eigenvalue weighted by Crippen LogP contribution is -2.43. The first-order chi connectivity index (χ1) is 9.35. The predicted molar refractivity (Wildman–Crippen MR) is 72.5 cm³/mol. The quantitative estimate of drug-likeness (QED) is 0.763. The van der Waals surface area contributed by atoms with Gasteiger partial charge in [0.1, 0.15) is 11.9 Å². The Labute approximate surface area is 122 Å². The van der Waals surface area contributed by atoms with Crippen LogP contribution in [0.3, 0.4) is 0 Å². The minimum Gasteiger partial charge on any atom is -0.480 e. The molecule has 0 radical (unpaired) electrons. The molecule has 5 nitrogen and oxygen atoms in total. The number of anilines is 1. The monoisotopic (exact) mass is 350 g/mol. The number of halogens is 3. The summed E-state index contributed by atoms with van der Waals surface area (Å²) in [4.78, 5) is 22.5. The van der Waals surface area contributed by atoms with Gasteiger partial charge >= 0.3 is 12.0 Å². The lowest BCUT2D eigenvalue weighted by molar-refractivity contribution is -0.139. The molecular formula is C12H13BrF2N2O3. The molecule has 3 N–H and O–H groups in total. The fraction of sp³-hybridized carbons (Fsp3) is 0.333. The van der Waals surface area contributed by atoms with Crippen molar-refractivity contribution in [3.05, 3.63) is 28.2 Å². The zero-order valence-corrected chi connectivity index (χ0v) is 12.1. The molecule has 0 aliphatic heterocycles. The van der Waals surface area contributed by atoms with Crippen molar-refractivity contribution in [1.82, 2.24) is 5.32 Å². The average molecular weight is 351 g/mol. The zero-order valence-electron chi connectivity index (χ0n) is 10.5. The fourth-order valence-electron chi connectivity index (χ4n) is 1.52. The number of carbonyl (C=O) groups excluding carboxylic acids is 1. The minimum atomic E-state index is -1.18. The number of hydrogen-bond donors (Lipinski definition) is 3. The maximum absolute atomic E-state index is 13.5. The molecule has 8 heteroatoms. The van der Waals surface area contributed by atoms with Crippen LogP contribution in [0.2, 0.25) is 0 Å². The summed E-state index contributed by atoms with van der Waals surface area (Å²) in [6.07, 6.45) is 0.807. The van der Waals surface area contributed by atoms with Gasteiger partial charge in [-0.3, -0.25) is 0 Å². The Morgan fingerprint density at radius 2 is 2.05 bits per heavy atom. The van der Waals surface area contributed by atoms with Crippen LogP contribution in [-0.4, -0.2) is 23.1 Å². The van der Waals surface area contributed by atoms with E-state index in [2.05, 4.69) is 26.6 Å². The Morgan fingerprint density at radius 1 is 1.40 bits per heavy atom. The van der Waals surface area contributed by atoms with Crippen LogP contribution in [0.4, 0.5) is 19.3 Å². The lowest BCUT2D eigenvalue weighted by Gasteiger charge is -2.15. The molecule has 20 heavy (non-hydrogen) atoms. The van der Waals surface area contributed by atoms with Crippen LogP contribution in [0.25, 0.3) is 0 Å². The maximum atomic E-state index is 13.5. The van der Waals surface area contributed by atoms with E-state index in [9.17, 15) is 18.4 Å². The topological polar surface area (TPSA) is 78.4 Å². The summed E-state index contributed by atoms with van der Waals surface area (Å²) in [6.45, 7) is 1.77. The molecule has 0 aliphatic carbocycles. The van der Waals surface area contributed by atoms with Crippen molar-refractivity contribution in [3.63, 3.8) is 0 Å². The molecule has 0 heterocycles. The normalized spacial score (nSPS) is 11.8. The number of hydrogen-bond acceptors (Lipinski definition) is 2. The predicted octanol–water partition coefficient (Wildman–Crippen LogP) is 3.10. The molecule has 110 valence electrons. The highest BCUT2D eigenvalue weighted by molar-refractivity contribution is 9.10. The van der Waals surface area contributed by atoms with Gasteiger partial charge in [-0.15, -0.1) is 0 Å². The molecule has 1 aromatic rings. The number of urea groups is 1. The molecule has 1 aromatic carbocycles. The molecule has 1 unspecified atom stereocenters. The van der Waals surface area contributed by atoms with Crippen molar-refractivity contribution in [3.8, 4) is 0 Å². The third-order valence-electron chi connectivity index (χ3n) is 2.43. The van der Waals surface area contributed by atoms with Gasteiger partial charge in [0.25, 0.3) is 0 Å². The van der Waals surface area contributed by atoms with E-state index in [0.717, 1.165) is 6.07 Å². The van der Waals surface area contributed by atoms with E-state index in [1.807, 2.05) is 0 Å². The van der Waals surface area contributed by atoms with E-state index < -0.39 is 29.7 Å². The summed E-state index contributed by atoms with van der Waals surface area (Å²) in [7, 11) is 0. The molecule has 0 aromatic heterocycles. The number of benzene rings is 1. The van der Waals surface area contributed by atoms with E-state index in [1.165, 1.54) is 0 Å². The molecule has 0 spiro atoms. The van der Waals surface area contributed by atoms with Crippen LogP contribution in [0.1, 0.15) is 19.8 Å². The third-order valence-corrected chi connectivity index (χ3v) is 3.05. The molecular weight excluding hydrogens is 338 g/mol. The van der Waals surface area contributed by atoms with Gasteiger partial charge in [0.05, 0.1) is 5.69 Å². The second kappa shape index (κ2) is 7.18. The van der Waals surface area contributed by atoms with Crippen LogP contribution in [-0.2, 0) is 4.79 Å². The van der Waals surface area contributed by atoms with Crippen molar-refractivity contribution in [2.24, 2.45) is 0 Å². The fourth-order valence-corrected chi connectivity index (χ4v) is 2.02. The number of aliphatic carboxylic acids is 1. The maximum Gasteiger partial charge on any atom is 0.326 e. The van der Waals surface area contributed by atoms with Crippen molar-refractivity contribution >= 4 is 33.6 Å². The van der Waals surface area contributed by atoms with Crippen molar-refractivity contribution < 1.29 is 23.5 Å². The first-order valence-electron chi connectivity index (χ1n) is 5.80. The lowest BCUT2D eigenvalue weighted by atomic mass is 10.2. The molecule has 1 rings (SSSR count). The van der Waals surface area contributed by atoms with Gasteiger partial charge in [0.2, 0.25) is 0 Å². The van der Waals surface area contributed by atoms with Crippen molar-refractivity contribution in [2.45, 2.75) is 25.8 Å². The van der Waals surface area contributed by atoms with E-state index in [0.29, 0.717) is 12.5 Å². The number of carboxylic acid groups (broad SMARTS) is 1.